The van der Waals surface area contributed by atoms with Crippen LogP contribution in [0.2, 0.25) is 0 Å². The summed E-state index contributed by atoms with van der Waals surface area (Å²) >= 11 is 5.87. The van der Waals surface area contributed by atoms with Crippen molar-refractivity contribution in [3.05, 3.63) is 30.0 Å². The summed E-state index contributed by atoms with van der Waals surface area (Å²) in [6.07, 6.45) is 0.986. The van der Waals surface area contributed by atoms with Gasteiger partial charge in [-0.3, -0.25) is 9.48 Å². The number of hydrogen-bond acceptors (Lipinski definition) is 2. The molecule has 1 unspecified atom stereocenters. The van der Waals surface area contributed by atoms with Crippen LogP contribution in [0.15, 0.2) is 24.3 Å². The van der Waals surface area contributed by atoms with Crippen molar-refractivity contribution >= 4 is 28.4 Å². The van der Waals surface area contributed by atoms with E-state index in [1.54, 1.807) is 4.68 Å². The Labute approximate surface area is 116 Å². The summed E-state index contributed by atoms with van der Waals surface area (Å²) in [7, 11) is 1.87. The first kappa shape index (κ1) is 12.5. The van der Waals surface area contributed by atoms with Gasteiger partial charge in [0.25, 0.3) is 5.91 Å². The number of rotatable bonds is 2. The number of carbonyl (C=O) groups excluding carboxylic acids is 1. The van der Waals surface area contributed by atoms with Gasteiger partial charge in [-0.25, -0.2) is 0 Å². The van der Waals surface area contributed by atoms with Crippen LogP contribution in [-0.4, -0.2) is 39.6 Å². The molecule has 1 aliphatic rings. The first-order chi connectivity index (χ1) is 9.20. The number of likely N-dealkylation sites (tertiary alicyclic amines) is 1. The number of aryl methyl sites for hydroxylation is 1. The lowest BCUT2D eigenvalue weighted by Crippen LogP contribution is -2.29. The number of halogens is 1. The highest BCUT2D eigenvalue weighted by Crippen LogP contribution is 2.23. The number of nitrogens with zero attached hydrogens (tertiary/aromatic N) is 3. The molecule has 2 heterocycles. The molecule has 1 aromatic carbocycles. The van der Waals surface area contributed by atoms with E-state index in [0.717, 1.165) is 30.4 Å². The molecule has 0 radical (unpaired) electrons. The Morgan fingerprint density at radius 2 is 2.26 bits per heavy atom. The summed E-state index contributed by atoms with van der Waals surface area (Å²) in [5.41, 5.74) is 1.53. The maximum atomic E-state index is 12.5. The first-order valence-corrected chi connectivity index (χ1v) is 7.01. The average Bonchev–Trinajstić information content (AvgIpc) is 3.04. The predicted octanol–water partition coefficient (Wildman–Crippen LogP) is 2.27. The maximum Gasteiger partial charge on any atom is 0.275 e. The highest BCUT2D eigenvalue weighted by atomic mass is 35.5. The number of amides is 1. The molecule has 1 amide bonds. The number of fused-ring (bicyclic) bond motifs is 1. The van der Waals surface area contributed by atoms with Gasteiger partial charge in [-0.2, -0.15) is 5.10 Å². The summed E-state index contributed by atoms with van der Waals surface area (Å²) in [5, 5.41) is 5.30. The van der Waals surface area contributed by atoms with E-state index in [0.29, 0.717) is 17.5 Å². The van der Waals surface area contributed by atoms with E-state index in [1.165, 1.54) is 0 Å². The molecular weight excluding hydrogens is 262 g/mol. The van der Waals surface area contributed by atoms with Crippen molar-refractivity contribution in [2.75, 3.05) is 19.0 Å². The average molecular weight is 278 g/mol. The van der Waals surface area contributed by atoms with Gasteiger partial charge in [0.15, 0.2) is 5.69 Å². The van der Waals surface area contributed by atoms with Crippen LogP contribution in [0.25, 0.3) is 10.9 Å². The van der Waals surface area contributed by atoms with Gasteiger partial charge in [-0.1, -0.05) is 18.2 Å². The lowest BCUT2D eigenvalue weighted by atomic mass is 10.1. The van der Waals surface area contributed by atoms with Gasteiger partial charge in [0, 0.05) is 31.4 Å². The molecule has 19 heavy (non-hydrogen) atoms. The van der Waals surface area contributed by atoms with Crippen molar-refractivity contribution in [1.82, 2.24) is 14.7 Å². The van der Waals surface area contributed by atoms with E-state index in [9.17, 15) is 4.79 Å². The normalized spacial score (nSPS) is 19.3. The molecule has 5 heteroatoms. The molecule has 100 valence electrons. The van der Waals surface area contributed by atoms with E-state index in [-0.39, 0.29) is 5.91 Å². The van der Waals surface area contributed by atoms with Gasteiger partial charge in [0.2, 0.25) is 0 Å². The second kappa shape index (κ2) is 4.85. The topological polar surface area (TPSA) is 38.1 Å². The van der Waals surface area contributed by atoms with E-state index >= 15 is 0 Å². The highest BCUT2D eigenvalue weighted by Gasteiger charge is 2.28. The Kier molecular flexibility index (Phi) is 3.19. The van der Waals surface area contributed by atoms with Crippen molar-refractivity contribution < 1.29 is 4.79 Å². The van der Waals surface area contributed by atoms with Crippen LogP contribution in [0.3, 0.4) is 0 Å². The maximum absolute atomic E-state index is 12.5. The van der Waals surface area contributed by atoms with Crippen LogP contribution in [0.4, 0.5) is 0 Å². The molecule has 4 nitrogen and oxygen atoms in total. The van der Waals surface area contributed by atoms with Crippen molar-refractivity contribution in [3.63, 3.8) is 0 Å². The second-order valence-electron chi connectivity index (χ2n) is 5.05. The fourth-order valence-corrected chi connectivity index (χ4v) is 2.92. The minimum atomic E-state index is 0.0180. The molecular formula is C14H16ClN3O. The molecule has 0 N–H and O–H groups in total. The molecule has 0 aliphatic carbocycles. The van der Waals surface area contributed by atoms with Gasteiger partial charge in [-0.15, -0.1) is 11.6 Å². The molecule has 1 atom stereocenters. The number of benzene rings is 1. The van der Waals surface area contributed by atoms with Gasteiger partial charge < -0.3 is 4.90 Å². The molecule has 3 rings (SSSR count). The third-order valence-electron chi connectivity index (χ3n) is 3.75. The number of alkyl halides is 1. The minimum Gasteiger partial charge on any atom is -0.337 e. The third-order valence-corrected chi connectivity index (χ3v) is 4.19. The molecule has 1 aliphatic heterocycles. The second-order valence-corrected chi connectivity index (χ2v) is 5.36. The molecule has 1 aromatic heterocycles. The van der Waals surface area contributed by atoms with E-state index in [2.05, 4.69) is 5.10 Å². The monoisotopic (exact) mass is 277 g/mol. The number of para-hydroxylation sites is 1. The fourth-order valence-electron chi connectivity index (χ4n) is 2.66. The van der Waals surface area contributed by atoms with Crippen molar-refractivity contribution in [3.8, 4) is 0 Å². The Morgan fingerprint density at radius 3 is 3.00 bits per heavy atom. The molecule has 2 aromatic rings. The SMILES string of the molecule is Cn1nc(C(=O)N2CCC(CCl)C2)c2ccccc21. The number of aromatic nitrogens is 2. The van der Waals surface area contributed by atoms with Crippen LogP contribution in [0.1, 0.15) is 16.9 Å². The summed E-state index contributed by atoms with van der Waals surface area (Å²) in [6.45, 7) is 1.52. The lowest BCUT2D eigenvalue weighted by molar-refractivity contribution is 0.0783. The van der Waals surface area contributed by atoms with Crippen LogP contribution in [0.5, 0.6) is 0 Å². The molecule has 1 fully saturated rings. The summed E-state index contributed by atoms with van der Waals surface area (Å²) < 4.78 is 1.76. The van der Waals surface area contributed by atoms with E-state index in [4.69, 9.17) is 11.6 Å². The minimum absolute atomic E-state index is 0.0180. The molecule has 1 saturated heterocycles. The van der Waals surface area contributed by atoms with Crippen LogP contribution < -0.4 is 0 Å². The van der Waals surface area contributed by atoms with Crippen molar-refractivity contribution in [2.45, 2.75) is 6.42 Å². The largest absolute Gasteiger partial charge is 0.337 e. The standard InChI is InChI=1S/C14H16ClN3O/c1-17-12-5-3-2-4-11(12)13(16-17)14(19)18-7-6-10(8-15)9-18/h2-5,10H,6-9H2,1H3. The zero-order valence-corrected chi connectivity index (χ0v) is 11.6. The first-order valence-electron chi connectivity index (χ1n) is 6.47. The van der Waals surface area contributed by atoms with Gasteiger partial charge in [-0.05, 0) is 18.4 Å². The van der Waals surface area contributed by atoms with Crippen LogP contribution in [-0.2, 0) is 7.05 Å². The predicted molar refractivity (Wildman–Crippen MR) is 75.4 cm³/mol. The Bertz CT molecular complexity index is 622. The van der Waals surface area contributed by atoms with Gasteiger partial charge in [0.1, 0.15) is 0 Å². The van der Waals surface area contributed by atoms with E-state index < -0.39 is 0 Å². The van der Waals surface area contributed by atoms with Gasteiger partial charge >= 0.3 is 0 Å². The molecule has 0 bridgehead atoms. The number of hydrogen-bond donors (Lipinski definition) is 0. The van der Waals surface area contributed by atoms with E-state index in [1.807, 2.05) is 36.2 Å². The third kappa shape index (κ3) is 2.10. The highest BCUT2D eigenvalue weighted by molar-refractivity contribution is 6.18. The summed E-state index contributed by atoms with van der Waals surface area (Å²) in [5.74, 6) is 1.05. The van der Waals surface area contributed by atoms with Crippen molar-refractivity contribution in [2.24, 2.45) is 13.0 Å². The van der Waals surface area contributed by atoms with Gasteiger partial charge in [0.05, 0.1) is 5.52 Å². The number of carbonyl (C=O) groups is 1. The Balaban J connectivity index is 1.94. The quantitative estimate of drug-likeness (QED) is 0.790. The summed E-state index contributed by atoms with van der Waals surface area (Å²) in [4.78, 5) is 14.4. The lowest BCUT2D eigenvalue weighted by Gasteiger charge is -2.14. The Hall–Kier alpha value is -1.55. The van der Waals surface area contributed by atoms with Crippen molar-refractivity contribution in [1.29, 1.82) is 0 Å². The Morgan fingerprint density at radius 1 is 1.47 bits per heavy atom. The van der Waals surface area contributed by atoms with Crippen LogP contribution in [0, 0.1) is 5.92 Å². The summed E-state index contributed by atoms with van der Waals surface area (Å²) in [6, 6.07) is 7.82. The fraction of sp³-hybridized carbons (Fsp3) is 0.429. The smallest absolute Gasteiger partial charge is 0.275 e. The zero-order valence-electron chi connectivity index (χ0n) is 10.8. The molecule has 0 saturated carbocycles. The zero-order chi connectivity index (χ0) is 13.4. The molecule has 0 spiro atoms. The van der Waals surface area contributed by atoms with Crippen LogP contribution >= 0.6 is 11.6 Å².